The van der Waals surface area contributed by atoms with Gasteiger partial charge in [0.1, 0.15) is 17.9 Å². The molecular formula is C28H30N6O2. The lowest BCUT2D eigenvalue weighted by Gasteiger charge is -2.32. The fraction of sp³-hybridized carbons (Fsp3) is 0.357. The third-order valence-electron chi connectivity index (χ3n) is 7.37. The number of aromatic nitrogens is 4. The lowest BCUT2D eigenvalue weighted by Crippen LogP contribution is -2.37. The van der Waals surface area contributed by atoms with Crippen LogP contribution in [0.4, 0.5) is 0 Å². The minimum absolute atomic E-state index is 0.0626. The zero-order chi connectivity index (χ0) is 24.6. The van der Waals surface area contributed by atoms with Gasteiger partial charge < -0.3 is 19.9 Å². The Morgan fingerprint density at radius 3 is 2.97 bits per heavy atom. The van der Waals surface area contributed by atoms with E-state index in [2.05, 4.69) is 50.4 Å². The molecule has 1 atom stereocenters. The molecule has 0 saturated carbocycles. The van der Waals surface area contributed by atoms with E-state index in [1.54, 1.807) is 19.4 Å². The first-order valence-electron chi connectivity index (χ1n) is 12.5. The number of methoxy groups -OCH3 is 1. The summed E-state index contributed by atoms with van der Waals surface area (Å²) in [5.74, 6) is 0.455. The summed E-state index contributed by atoms with van der Waals surface area (Å²) >= 11 is 0. The number of nitrogens with zero attached hydrogens (tertiary/aromatic N) is 4. The number of benzene rings is 1. The first kappa shape index (κ1) is 22.8. The number of aryl methyl sites for hydroxylation is 1. The topological polar surface area (TPSA) is 96.0 Å². The zero-order valence-corrected chi connectivity index (χ0v) is 20.7. The van der Waals surface area contributed by atoms with Crippen LogP contribution in [0.25, 0.3) is 22.2 Å². The average molecular weight is 483 g/mol. The third kappa shape index (κ3) is 4.16. The second-order valence-corrected chi connectivity index (χ2v) is 9.71. The smallest absolute Gasteiger partial charge is 0.272 e. The Hall–Kier alpha value is -3.62. The number of hydrogen-bond donors (Lipinski definition) is 2. The monoisotopic (exact) mass is 482 g/mol. The van der Waals surface area contributed by atoms with E-state index in [9.17, 15) is 4.79 Å². The van der Waals surface area contributed by atoms with Gasteiger partial charge in [-0.25, -0.2) is 15.0 Å². The molecule has 36 heavy (non-hydrogen) atoms. The van der Waals surface area contributed by atoms with Crippen LogP contribution in [0.5, 0.6) is 0 Å². The minimum atomic E-state index is -0.0626. The maximum absolute atomic E-state index is 13.4. The molecule has 4 aromatic rings. The number of rotatable bonds is 5. The second-order valence-electron chi connectivity index (χ2n) is 9.71. The summed E-state index contributed by atoms with van der Waals surface area (Å²) in [4.78, 5) is 31.8. The van der Waals surface area contributed by atoms with Gasteiger partial charge in [0.25, 0.3) is 5.91 Å². The van der Waals surface area contributed by atoms with Crippen molar-refractivity contribution in [2.45, 2.75) is 45.4 Å². The Balaban J connectivity index is 1.36. The van der Waals surface area contributed by atoms with Crippen molar-refractivity contribution in [2.24, 2.45) is 0 Å². The van der Waals surface area contributed by atoms with Gasteiger partial charge in [0, 0.05) is 55.8 Å². The standard InChI is InChI=1S/C28H30N6O2/c1-17-13-31-27-21(17)12-20(14-32-27)19-10-18-6-9-34(15-23(18)22(11-19)24-4-3-7-29-24)28(35)25-5-8-30-26(33-25)16-36-2/h5,8,10-14,24,29H,3-4,6-7,9,15-16H2,1-2H3,(H,31,32). The fourth-order valence-corrected chi connectivity index (χ4v) is 5.47. The minimum Gasteiger partial charge on any atom is -0.377 e. The van der Waals surface area contributed by atoms with Crippen molar-refractivity contribution in [3.8, 4) is 11.1 Å². The average Bonchev–Trinajstić information content (AvgIpc) is 3.58. The summed E-state index contributed by atoms with van der Waals surface area (Å²) in [6.45, 7) is 4.65. The molecule has 2 aliphatic rings. The number of H-pyrrole nitrogens is 1. The Morgan fingerprint density at radius 2 is 2.14 bits per heavy atom. The van der Waals surface area contributed by atoms with Gasteiger partial charge in [0.05, 0.1) is 0 Å². The molecule has 1 aromatic carbocycles. The molecule has 1 amide bonds. The van der Waals surface area contributed by atoms with Crippen molar-refractivity contribution in [1.29, 1.82) is 0 Å². The van der Waals surface area contributed by atoms with Crippen LogP contribution in [0.15, 0.2) is 42.9 Å². The van der Waals surface area contributed by atoms with Crippen LogP contribution in [-0.4, -0.2) is 50.9 Å². The molecule has 184 valence electrons. The summed E-state index contributed by atoms with van der Waals surface area (Å²) in [5.41, 5.74) is 8.71. The lowest BCUT2D eigenvalue weighted by atomic mass is 9.87. The first-order valence-corrected chi connectivity index (χ1v) is 12.5. The number of aromatic amines is 1. The maximum Gasteiger partial charge on any atom is 0.272 e. The molecule has 8 heteroatoms. The quantitative estimate of drug-likeness (QED) is 0.445. The molecule has 6 rings (SSSR count). The van der Waals surface area contributed by atoms with Crippen LogP contribution < -0.4 is 5.32 Å². The number of nitrogens with one attached hydrogen (secondary N) is 2. The second kappa shape index (κ2) is 9.44. The highest BCUT2D eigenvalue weighted by Gasteiger charge is 2.29. The van der Waals surface area contributed by atoms with Gasteiger partial charge in [0.2, 0.25) is 0 Å². The molecule has 0 radical (unpaired) electrons. The molecule has 0 bridgehead atoms. The molecule has 5 heterocycles. The maximum atomic E-state index is 13.4. The Morgan fingerprint density at radius 1 is 1.22 bits per heavy atom. The van der Waals surface area contributed by atoms with E-state index in [1.807, 2.05) is 17.3 Å². The molecule has 1 unspecified atom stereocenters. The van der Waals surface area contributed by atoms with Gasteiger partial charge in [-0.15, -0.1) is 0 Å². The first-order chi connectivity index (χ1) is 17.6. The van der Waals surface area contributed by atoms with Gasteiger partial charge in [-0.3, -0.25) is 4.79 Å². The molecule has 0 aliphatic carbocycles. The molecule has 2 N–H and O–H groups in total. The normalized spacial score (nSPS) is 17.5. The molecule has 0 spiro atoms. The van der Waals surface area contributed by atoms with Crippen molar-refractivity contribution in [3.05, 3.63) is 76.6 Å². The summed E-state index contributed by atoms with van der Waals surface area (Å²) in [5, 5.41) is 4.83. The van der Waals surface area contributed by atoms with Gasteiger partial charge in [-0.1, -0.05) is 6.07 Å². The Bertz CT molecular complexity index is 1440. The SMILES string of the molecule is COCc1nccc(C(=O)N2CCc3cc(-c4cnc5[nH]cc(C)c5c4)cc(C4CCCN4)c3C2)n1. The van der Waals surface area contributed by atoms with E-state index in [4.69, 9.17) is 4.74 Å². The van der Waals surface area contributed by atoms with Crippen LogP contribution in [0, 0.1) is 6.92 Å². The van der Waals surface area contributed by atoms with Crippen molar-refractivity contribution in [3.63, 3.8) is 0 Å². The number of fused-ring (bicyclic) bond motifs is 2. The predicted octanol–water partition coefficient (Wildman–Crippen LogP) is 4.10. The van der Waals surface area contributed by atoms with Crippen LogP contribution in [0.1, 0.15) is 57.5 Å². The molecule has 2 aliphatic heterocycles. The third-order valence-corrected chi connectivity index (χ3v) is 7.37. The van der Waals surface area contributed by atoms with E-state index in [0.29, 0.717) is 30.6 Å². The highest BCUT2D eigenvalue weighted by Crippen LogP contribution is 2.36. The summed E-state index contributed by atoms with van der Waals surface area (Å²) < 4.78 is 5.14. The van der Waals surface area contributed by atoms with Crippen molar-refractivity contribution in [2.75, 3.05) is 20.2 Å². The largest absolute Gasteiger partial charge is 0.377 e. The number of ether oxygens (including phenoxy) is 1. The van der Waals surface area contributed by atoms with E-state index in [-0.39, 0.29) is 12.5 Å². The molecule has 1 fully saturated rings. The number of carbonyl (C=O) groups is 1. The number of hydrogen-bond acceptors (Lipinski definition) is 6. The van der Waals surface area contributed by atoms with E-state index >= 15 is 0 Å². The molecule has 3 aromatic heterocycles. The van der Waals surface area contributed by atoms with Gasteiger partial charge in [-0.2, -0.15) is 0 Å². The van der Waals surface area contributed by atoms with Crippen molar-refractivity contribution in [1.82, 2.24) is 30.2 Å². The Labute approximate surface area is 210 Å². The van der Waals surface area contributed by atoms with Crippen LogP contribution in [0.2, 0.25) is 0 Å². The predicted molar refractivity (Wildman–Crippen MR) is 137 cm³/mol. The van der Waals surface area contributed by atoms with Crippen molar-refractivity contribution < 1.29 is 9.53 Å². The summed E-state index contributed by atoms with van der Waals surface area (Å²) in [6, 6.07) is 8.81. The van der Waals surface area contributed by atoms with Crippen LogP contribution in [-0.2, 0) is 24.3 Å². The van der Waals surface area contributed by atoms with Crippen LogP contribution in [0.3, 0.4) is 0 Å². The molecule has 8 nitrogen and oxygen atoms in total. The fourth-order valence-electron chi connectivity index (χ4n) is 5.47. The van der Waals surface area contributed by atoms with E-state index in [1.165, 1.54) is 27.8 Å². The van der Waals surface area contributed by atoms with Gasteiger partial charge in [-0.05, 0) is 78.7 Å². The number of pyridine rings is 1. The highest BCUT2D eigenvalue weighted by molar-refractivity contribution is 5.92. The summed E-state index contributed by atoms with van der Waals surface area (Å²) in [6.07, 6.45) is 8.66. The molecule has 1 saturated heterocycles. The summed E-state index contributed by atoms with van der Waals surface area (Å²) in [7, 11) is 1.60. The van der Waals surface area contributed by atoms with Gasteiger partial charge >= 0.3 is 0 Å². The van der Waals surface area contributed by atoms with E-state index in [0.717, 1.165) is 42.4 Å². The lowest BCUT2D eigenvalue weighted by molar-refractivity contribution is 0.0726. The van der Waals surface area contributed by atoms with Gasteiger partial charge in [0.15, 0.2) is 5.82 Å². The van der Waals surface area contributed by atoms with E-state index < -0.39 is 0 Å². The number of amides is 1. The zero-order valence-electron chi connectivity index (χ0n) is 20.7. The molecular weight excluding hydrogens is 452 g/mol. The van der Waals surface area contributed by atoms with Crippen molar-refractivity contribution >= 4 is 16.9 Å². The Kier molecular flexibility index (Phi) is 5.99. The number of carbonyl (C=O) groups excluding carboxylic acids is 1. The highest BCUT2D eigenvalue weighted by atomic mass is 16.5. The van der Waals surface area contributed by atoms with Crippen LogP contribution >= 0.6 is 0 Å².